The smallest absolute Gasteiger partial charge is 0.788 e. The molecule has 0 aliphatic carbocycles. The Hall–Kier alpha value is 1.70. The molecule has 30 valence electrons. The molecular formula is C3H5NaS2. The van der Waals surface area contributed by atoms with Crippen LogP contribution in [0.25, 0.3) is 0 Å². The molecule has 0 N–H and O–H groups in total. The number of thioether (sulfide) groups is 1. The molecule has 1 saturated heterocycles. The quantitative estimate of drug-likeness (QED) is 0.265. The summed E-state index contributed by atoms with van der Waals surface area (Å²) in [6.45, 7) is 0. The van der Waals surface area contributed by atoms with Crippen LogP contribution in [0.2, 0.25) is 0 Å². The Labute approximate surface area is 70.2 Å². The van der Waals surface area contributed by atoms with Gasteiger partial charge in [-0.2, -0.15) is 11.8 Å². The molecule has 0 atom stereocenters. The second-order valence-corrected chi connectivity index (χ2v) is 2.90. The van der Waals surface area contributed by atoms with E-state index in [1.165, 1.54) is 11.5 Å². The van der Waals surface area contributed by atoms with Crippen molar-refractivity contribution in [2.24, 2.45) is 0 Å². The van der Waals surface area contributed by atoms with Gasteiger partial charge < -0.3 is 12.6 Å². The van der Waals surface area contributed by atoms with Crippen molar-refractivity contribution in [1.82, 2.24) is 0 Å². The summed E-state index contributed by atoms with van der Waals surface area (Å²) in [5, 5.41) is 0.611. The van der Waals surface area contributed by atoms with E-state index in [0.717, 1.165) is 0 Å². The molecule has 0 aromatic heterocycles. The van der Waals surface area contributed by atoms with Crippen molar-refractivity contribution in [1.29, 1.82) is 0 Å². The fourth-order valence-corrected chi connectivity index (χ4v) is 1.22. The van der Waals surface area contributed by atoms with Crippen LogP contribution in [0.4, 0.5) is 0 Å². The molecule has 0 spiro atoms. The maximum absolute atomic E-state index is 4.85. The van der Waals surface area contributed by atoms with E-state index in [0.29, 0.717) is 5.25 Å². The van der Waals surface area contributed by atoms with Gasteiger partial charge in [0.15, 0.2) is 0 Å². The third kappa shape index (κ3) is 2.12. The number of rotatable bonds is 0. The molecule has 0 bridgehead atoms. The predicted molar refractivity (Wildman–Crippen MR) is 28.5 cm³/mol. The van der Waals surface area contributed by atoms with Gasteiger partial charge in [-0.15, -0.1) is 5.25 Å². The summed E-state index contributed by atoms with van der Waals surface area (Å²) in [5.74, 6) is 2.44. The van der Waals surface area contributed by atoms with Gasteiger partial charge in [-0.3, -0.25) is 0 Å². The molecule has 1 heterocycles. The summed E-state index contributed by atoms with van der Waals surface area (Å²) in [6.07, 6.45) is 0. The first-order valence-corrected chi connectivity index (χ1v) is 3.26. The van der Waals surface area contributed by atoms with Crippen LogP contribution in [0.3, 0.4) is 0 Å². The Balaban J connectivity index is 0.000000250. The monoisotopic (exact) mass is 128 g/mol. The van der Waals surface area contributed by atoms with E-state index in [2.05, 4.69) is 0 Å². The standard InChI is InChI=1S/C3H6S2.Na/c4-3-1-5-2-3;/h3-4H,1-2H2;/q;+1/p-1. The maximum Gasteiger partial charge on any atom is 1.00 e. The molecule has 1 fully saturated rings. The van der Waals surface area contributed by atoms with Crippen molar-refractivity contribution in [3.63, 3.8) is 0 Å². The average molecular weight is 128 g/mol. The average Bonchev–Trinajstić information content (AvgIpc) is 1.30. The minimum Gasteiger partial charge on any atom is -0.788 e. The van der Waals surface area contributed by atoms with Gasteiger partial charge in [0.2, 0.25) is 0 Å². The van der Waals surface area contributed by atoms with Gasteiger partial charge in [-0.25, -0.2) is 0 Å². The van der Waals surface area contributed by atoms with Crippen LogP contribution in [0.15, 0.2) is 0 Å². The van der Waals surface area contributed by atoms with E-state index in [-0.39, 0.29) is 29.6 Å². The van der Waals surface area contributed by atoms with Crippen LogP contribution >= 0.6 is 11.8 Å². The Morgan fingerprint density at radius 2 is 1.83 bits per heavy atom. The van der Waals surface area contributed by atoms with Crippen molar-refractivity contribution >= 4 is 24.4 Å². The van der Waals surface area contributed by atoms with Crippen molar-refractivity contribution in [3.05, 3.63) is 0 Å². The first kappa shape index (κ1) is 7.70. The molecular weight excluding hydrogens is 123 g/mol. The molecule has 3 heteroatoms. The number of hydrogen-bond donors (Lipinski definition) is 0. The summed E-state index contributed by atoms with van der Waals surface area (Å²) in [7, 11) is 0. The van der Waals surface area contributed by atoms with E-state index in [4.69, 9.17) is 12.6 Å². The van der Waals surface area contributed by atoms with Gasteiger partial charge in [0.05, 0.1) is 0 Å². The molecule has 6 heavy (non-hydrogen) atoms. The van der Waals surface area contributed by atoms with E-state index in [9.17, 15) is 0 Å². The predicted octanol–water partition coefficient (Wildman–Crippen LogP) is -2.35. The molecule has 1 aliphatic rings. The third-order valence-electron chi connectivity index (χ3n) is 0.607. The largest absolute Gasteiger partial charge is 1.00 e. The van der Waals surface area contributed by atoms with Gasteiger partial charge >= 0.3 is 29.6 Å². The molecule has 0 nitrogen and oxygen atoms in total. The number of hydrogen-bond acceptors (Lipinski definition) is 2. The second-order valence-electron chi connectivity index (χ2n) is 1.16. The van der Waals surface area contributed by atoms with E-state index >= 15 is 0 Å². The zero-order valence-corrected chi connectivity index (χ0v) is 7.44. The van der Waals surface area contributed by atoms with Crippen LogP contribution in [0.5, 0.6) is 0 Å². The molecule has 0 radical (unpaired) electrons. The zero-order valence-electron chi connectivity index (χ0n) is 3.81. The minimum atomic E-state index is 0. The maximum atomic E-state index is 4.85. The Bertz CT molecular complexity index is 35.8. The molecule has 1 aliphatic heterocycles. The first-order chi connectivity index (χ1) is 2.39. The fourth-order valence-electron chi connectivity index (χ4n) is 0.214. The van der Waals surface area contributed by atoms with E-state index < -0.39 is 0 Å². The van der Waals surface area contributed by atoms with Crippen LogP contribution in [0, 0.1) is 0 Å². The molecule has 0 aromatic carbocycles. The van der Waals surface area contributed by atoms with Crippen LogP contribution in [-0.4, -0.2) is 16.8 Å². The van der Waals surface area contributed by atoms with Crippen LogP contribution in [0.1, 0.15) is 0 Å². The summed E-state index contributed by atoms with van der Waals surface area (Å²) in [4.78, 5) is 0. The van der Waals surface area contributed by atoms with Crippen molar-refractivity contribution < 1.29 is 29.6 Å². The Morgan fingerprint density at radius 1 is 1.50 bits per heavy atom. The van der Waals surface area contributed by atoms with Gasteiger partial charge in [0.25, 0.3) is 0 Å². The summed E-state index contributed by atoms with van der Waals surface area (Å²) in [6, 6.07) is 0. The topological polar surface area (TPSA) is 0 Å². The minimum absolute atomic E-state index is 0. The van der Waals surface area contributed by atoms with Gasteiger partial charge in [-0.1, -0.05) is 0 Å². The molecule has 0 aromatic rings. The summed E-state index contributed by atoms with van der Waals surface area (Å²) < 4.78 is 0. The summed E-state index contributed by atoms with van der Waals surface area (Å²) in [5.41, 5.74) is 0. The van der Waals surface area contributed by atoms with Crippen LogP contribution < -0.4 is 29.6 Å². The van der Waals surface area contributed by atoms with Gasteiger partial charge in [-0.05, 0) is 11.5 Å². The van der Waals surface area contributed by atoms with Crippen molar-refractivity contribution in [3.8, 4) is 0 Å². The fraction of sp³-hybridized carbons (Fsp3) is 1.00. The third-order valence-corrected chi connectivity index (χ3v) is 2.64. The van der Waals surface area contributed by atoms with Crippen molar-refractivity contribution in [2.75, 3.05) is 11.5 Å². The zero-order chi connectivity index (χ0) is 3.70. The molecule has 0 amide bonds. The molecule has 1 rings (SSSR count). The van der Waals surface area contributed by atoms with Gasteiger partial charge in [0.1, 0.15) is 0 Å². The Morgan fingerprint density at radius 3 is 1.83 bits per heavy atom. The van der Waals surface area contributed by atoms with Gasteiger partial charge in [0, 0.05) is 0 Å². The van der Waals surface area contributed by atoms with E-state index in [1.807, 2.05) is 11.8 Å². The molecule has 0 unspecified atom stereocenters. The summed E-state index contributed by atoms with van der Waals surface area (Å²) >= 11 is 6.79. The molecule has 0 saturated carbocycles. The Kier molecular flexibility index (Phi) is 4.71. The van der Waals surface area contributed by atoms with E-state index in [1.54, 1.807) is 0 Å². The SMILES string of the molecule is [Na+].[S-]C1CSC1. The van der Waals surface area contributed by atoms with Crippen molar-refractivity contribution in [2.45, 2.75) is 5.25 Å². The second kappa shape index (κ2) is 3.67. The first-order valence-electron chi connectivity index (χ1n) is 1.63. The van der Waals surface area contributed by atoms with Crippen LogP contribution in [-0.2, 0) is 12.6 Å². The normalized spacial score (nSPS) is 21.5.